The molecule has 1 fully saturated rings. The monoisotopic (exact) mass is 173 g/mol. The third-order valence-corrected chi connectivity index (χ3v) is 1.94. The van der Waals surface area contributed by atoms with Gasteiger partial charge in [-0.1, -0.05) is 5.16 Å². The van der Waals surface area contributed by atoms with E-state index in [1.807, 2.05) is 13.8 Å². The fourth-order valence-corrected chi connectivity index (χ4v) is 1.38. The molecular formula is C8H15NO3. The molecule has 0 radical (unpaired) electrons. The summed E-state index contributed by atoms with van der Waals surface area (Å²) in [4.78, 5) is 4.62. The third-order valence-electron chi connectivity index (χ3n) is 1.94. The van der Waals surface area contributed by atoms with E-state index in [1.165, 1.54) is 7.11 Å². The van der Waals surface area contributed by atoms with Gasteiger partial charge < -0.3 is 14.7 Å². The molecule has 0 aromatic rings. The molecule has 0 amide bonds. The zero-order valence-electron chi connectivity index (χ0n) is 7.65. The predicted molar refractivity (Wildman–Crippen MR) is 45.1 cm³/mol. The summed E-state index contributed by atoms with van der Waals surface area (Å²) in [5, 5.41) is 13.3. The van der Waals surface area contributed by atoms with E-state index >= 15 is 0 Å². The van der Waals surface area contributed by atoms with Crippen molar-refractivity contribution in [1.82, 2.24) is 0 Å². The highest BCUT2D eigenvalue weighted by atomic mass is 16.6. The van der Waals surface area contributed by atoms with Crippen LogP contribution in [-0.4, -0.2) is 36.2 Å². The fraction of sp³-hybridized carbons (Fsp3) is 0.875. The Hall–Kier alpha value is -0.610. The molecule has 1 saturated heterocycles. The smallest absolute Gasteiger partial charge is 0.121 e. The lowest BCUT2D eigenvalue weighted by atomic mass is 10.0. The number of aliphatic hydroxyl groups excluding tert-OH is 1. The highest BCUT2D eigenvalue weighted by Gasteiger charge is 2.30. The van der Waals surface area contributed by atoms with Crippen molar-refractivity contribution in [3.05, 3.63) is 0 Å². The largest absolute Gasteiger partial charge is 0.399 e. The van der Waals surface area contributed by atoms with Gasteiger partial charge in [0.2, 0.25) is 0 Å². The molecule has 0 aromatic heterocycles. The number of aliphatic hydroxyl groups is 1. The van der Waals surface area contributed by atoms with Gasteiger partial charge in [-0.05, 0) is 13.8 Å². The molecular weight excluding hydrogens is 158 g/mol. The first-order valence-electron chi connectivity index (χ1n) is 4.08. The van der Waals surface area contributed by atoms with Crippen LogP contribution in [0.2, 0.25) is 0 Å². The Balaban J connectivity index is 2.66. The summed E-state index contributed by atoms with van der Waals surface area (Å²) in [5.74, 6) is 0. The summed E-state index contributed by atoms with van der Waals surface area (Å²) in [6.45, 7) is 3.78. The number of rotatable bonds is 1. The van der Waals surface area contributed by atoms with Crippen molar-refractivity contribution in [2.45, 2.75) is 38.6 Å². The highest BCUT2D eigenvalue weighted by Crippen LogP contribution is 2.17. The van der Waals surface area contributed by atoms with E-state index in [-0.39, 0.29) is 12.2 Å². The van der Waals surface area contributed by atoms with Gasteiger partial charge in [0, 0.05) is 6.42 Å². The van der Waals surface area contributed by atoms with Gasteiger partial charge in [0.25, 0.3) is 0 Å². The molecule has 0 aromatic carbocycles. The first kappa shape index (κ1) is 9.48. The number of hydrogen-bond acceptors (Lipinski definition) is 4. The summed E-state index contributed by atoms with van der Waals surface area (Å²) in [5.41, 5.74) is 0.670. The molecule has 1 N–H and O–H groups in total. The molecule has 70 valence electrons. The van der Waals surface area contributed by atoms with Crippen LogP contribution >= 0.6 is 0 Å². The predicted octanol–water partition coefficient (Wildman–Crippen LogP) is 0.547. The Morgan fingerprint density at radius 1 is 1.58 bits per heavy atom. The number of nitrogens with zero attached hydrogens (tertiary/aromatic N) is 1. The second-order valence-electron chi connectivity index (χ2n) is 3.07. The van der Waals surface area contributed by atoms with E-state index in [1.54, 1.807) is 0 Å². The van der Waals surface area contributed by atoms with Crippen LogP contribution in [0, 0.1) is 0 Å². The Morgan fingerprint density at radius 3 is 2.83 bits per heavy atom. The molecule has 0 bridgehead atoms. The van der Waals surface area contributed by atoms with Crippen LogP contribution in [0.4, 0.5) is 0 Å². The molecule has 1 aliphatic rings. The Morgan fingerprint density at radius 2 is 2.25 bits per heavy atom. The summed E-state index contributed by atoms with van der Waals surface area (Å²) in [6.07, 6.45) is -0.0691. The van der Waals surface area contributed by atoms with Crippen molar-refractivity contribution >= 4 is 5.71 Å². The number of ether oxygens (including phenoxy) is 1. The zero-order chi connectivity index (χ0) is 9.14. The molecule has 0 spiro atoms. The van der Waals surface area contributed by atoms with Gasteiger partial charge in [-0.15, -0.1) is 0 Å². The van der Waals surface area contributed by atoms with Crippen LogP contribution < -0.4 is 0 Å². The SMILES string of the molecule is CON=C1C[C@@H](C)O[C@@H](C)[C@@H]1O. The van der Waals surface area contributed by atoms with Crippen LogP contribution in [0.25, 0.3) is 0 Å². The van der Waals surface area contributed by atoms with E-state index < -0.39 is 6.10 Å². The Kier molecular flexibility index (Phi) is 3.05. The summed E-state index contributed by atoms with van der Waals surface area (Å²) in [7, 11) is 1.48. The van der Waals surface area contributed by atoms with Crippen molar-refractivity contribution in [2.75, 3.05) is 7.11 Å². The molecule has 0 unspecified atom stereocenters. The maximum absolute atomic E-state index is 9.55. The van der Waals surface area contributed by atoms with E-state index in [0.29, 0.717) is 12.1 Å². The maximum atomic E-state index is 9.55. The van der Waals surface area contributed by atoms with Gasteiger partial charge in [-0.2, -0.15) is 0 Å². The molecule has 1 aliphatic heterocycles. The van der Waals surface area contributed by atoms with Gasteiger partial charge in [0.1, 0.15) is 13.2 Å². The fourth-order valence-electron chi connectivity index (χ4n) is 1.38. The molecule has 1 rings (SSSR count). The first-order chi connectivity index (χ1) is 5.65. The highest BCUT2D eigenvalue weighted by molar-refractivity contribution is 5.89. The Labute approximate surface area is 72.2 Å². The average Bonchev–Trinajstić information content (AvgIpc) is 2.00. The van der Waals surface area contributed by atoms with Gasteiger partial charge in [0.15, 0.2) is 0 Å². The second kappa shape index (κ2) is 3.87. The summed E-state index contributed by atoms with van der Waals surface area (Å²) >= 11 is 0. The first-order valence-corrected chi connectivity index (χ1v) is 4.08. The minimum Gasteiger partial charge on any atom is -0.399 e. The average molecular weight is 173 g/mol. The van der Waals surface area contributed by atoms with E-state index in [4.69, 9.17) is 4.74 Å². The standard InChI is InChI=1S/C8H15NO3/c1-5-4-7(9-11-3)8(10)6(2)12-5/h5-6,8,10H,4H2,1-3H3/t5-,6+,8+/m1/s1. The van der Waals surface area contributed by atoms with Crippen molar-refractivity contribution in [3.8, 4) is 0 Å². The van der Waals surface area contributed by atoms with Gasteiger partial charge in [-0.3, -0.25) is 0 Å². The van der Waals surface area contributed by atoms with Crippen molar-refractivity contribution in [2.24, 2.45) is 5.16 Å². The minimum absolute atomic E-state index is 0.109. The molecule has 0 saturated carbocycles. The quantitative estimate of drug-likeness (QED) is 0.589. The summed E-state index contributed by atoms with van der Waals surface area (Å²) in [6, 6.07) is 0. The molecule has 0 aliphatic carbocycles. The number of oxime groups is 1. The van der Waals surface area contributed by atoms with Crippen LogP contribution in [-0.2, 0) is 9.57 Å². The van der Waals surface area contributed by atoms with Crippen LogP contribution in [0.1, 0.15) is 20.3 Å². The van der Waals surface area contributed by atoms with Crippen LogP contribution in [0.3, 0.4) is 0 Å². The summed E-state index contributed by atoms with van der Waals surface area (Å²) < 4.78 is 5.39. The van der Waals surface area contributed by atoms with Crippen molar-refractivity contribution in [3.63, 3.8) is 0 Å². The van der Waals surface area contributed by atoms with Crippen molar-refractivity contribution < 1.29 is 14.7 Å². The molecule has 3 atom stereocenters. The topological polar surface area (TPSA) is 51.0 Å². The van der Waals surface area contributed by atoms with Gasteiger partial charge in [-0.25, -0.2) is 0 Å². The lowest BCUT2D eigenvalue weighted by Crippen LogP contribution is -2.43. The maximum Gasteiger partial charge on any atom is 0.121 e. The van der Waals surface area contributed by atoms with E-state index in [9.17, 15) is 5.11 Å². The number of hydrogen-bond donors (Lipinski definition) is 1. The molecule has 4 nitrogen and oxygen atoms in total. The molecule has 1 heterocycles. The minimum atomic E-state index is -0.624. The Bertz CT molecular complexity index is 181. The lowest BCUT2D eigenvalue weighted by molar-refractivity contribution is -0.0553. The van der Waals surface area contributed by atoms with E-state index in [2.05, 4.69) is 9.99 Å². The lowest BCUT2D eigenvalue weighted by Gasteiger charge is -2.30. The van der Waals surface area contributed by atoms with Gasteiger partial charge in [0.05, 0.1) is 17.9 Å². The zero-order valence-corrected chi connectivity index (χ0v) is 7.65. The second-order valence-corrected chi connectivity index (χ2v) is 3.07. The van der Waals surface area contributed by atoms with Gasteiger partial charge >= 0.3 is 0 Å². The molecule has 12 heavy (non-hydrogen) atoms. The normalized spacial score (nSPS) is 40.0. The van der Waals surface area contributed by atoms with Crippen LogP contribution in [0.5, 0.6) is 0 Å². The van der Waals surface area contributed by atoms with Crippen molar-refractivity contribution in [1.29, 1.82) is 0 Å². The third kappa shape index (κ3) is 1.95. The van der Waals surface area contributed by atoms with E-state index in [0.717, 1.165) is 0 Å². The molecule has 4 heteroatoms. The van der Waals surface area contributed by atoms with Crippen LogP contribution in [0.15, 0.2) is 5.16 Å².